The number of rotatable bonds is 4. The normalized spacial score (nSPS) is 13.7. The molecule has 0 aliphatic rings. The maximum atomic E-state index is 11.3. The van der Waals surface area contributed by atoms with Gasteiger partial charge in [-0.1, -0.05) is 78.9 Å². The number of aromatic amines is 1. The molecule has 0 bridgehead atoms. The minimum Gasteiger partial charge on any atom is -0.387 e. The van der Waals surface area contributed by atoms with Crippen molar-refractivity contribution in [2.24, 2.45) is 0 Å². The summed E-state index contributed by atoms with van der Waals surface area (Å²) in [6, 6.07) is 28.5. The number of hydrogen-bond acceptors (Lipinski definition) is 1. The van der Waals surface area contributed by atoms with E-state index in [2.05, 4.69) is 42.2 Å². The first-order valence-electron chi connectivity index (χ1n) is 8.61. The van der Waals surface area contributed by atoms with Crippen LogP contribution in [0.2, 0.25) is 0 Å². The summed E-state index contributed by atoms with van der Waals surface area (Å²) in [5.41, 5.74) is 5.42. The van der Waals surface area contributed by atoms with Crippen molar-refractivity contribution in [1.82, 2.24) is 4.98 Å². The average molecular weight is 327 g/mol. The third-order valence-corrected chi connectivity index (χ3v) is 4.87. The second-order valence-electron chi connectivity index (χ2n) is 6.45. The van der Waals surface area contributed by atoms with Gasteiger partial charge in [0, 0.05) is 22.5 Å². The summed E-state index contributed by atoms with van der Waals surface area (Å²) in [6.07, 6.45) is -0.610. The van der Waals surface area contributed by atoms with Gasteiger partial charge in [0.2, 0.25) is 0 Å². The zero-order chi connectivity index (χ0) is 17.2. The van der Waals surface area contributed by atoms with E-state index in [9.17, 15) is 5.11 Å². The number of aliphatic hydroxyl groups is 1. The standard InChI is InChI=1S/C23H21NO/c1-16-21(19-14-8-9-15-20(19)24-16)22(17-10-4-2-5-11-17)23(25)18-12-6-3-7-13-18/h2-15,22-25H,1H3/t22-,23-/m1/s1. The second-order valence-corrected chi connectivity index (χ2v) is 6.45. The highest BCUT2D eigenvalue weighted by atomic mass is 16.3. The van der Waals surface area contributed by atoms with Gasteiger partial charge in [-0.25, -0.2) is 0 Å². The molecule has 0 aliphatic heterocycles. The number of para-hydroxylation sites is 1. The summed E-state index contributed by atoms with van der Waals surface area (Å²) in [5, 5.41) is 12.4. The smallest absolute Gasteiger partial charge is 0.0900 e. The van der Waals surface area contributed by atoms with E-state index in [0.29, 0.717) is 0 Å². The maximum absolute atomic E-state index is 11.3. The van der Waals surface area contributed by atoms with Gasteiger partial charge in [-0.05, 0) is 29.7 Å². The Balaban J connectivity index is 1.93. The Kier molecular flexibility index (Phi) is 4.12. The van der Waals surface area contributed by atoms with Gasteiger partial charge in [0.25, 0.3) is 0 Å². The maximum Gasteiger partial charge on any atom is 0.0900 e. The van der Waals surface area contributed by atoms with Gasteiger partial charge >= 0.3 is 0 Å². The van der Waals surface area contributed by atoms with E-state index < -0.39 is 6.10 Å². The molecule has 0 aliphatic carbocycles. The molecule has 0 radical (unpaired) electrons. The van der Waals surface area contributed by atoms with Gasteiger partial charge in [0.05, 0.1) is 6.10 Å². The molecule has 2 nitrogen and oxygen atoms in total. The Hall–Kier alpha value is -2.84. The molecule has 0 saturated heterocycles. The Morgan fingerprint density at radius 1 is 0.720 bits per heavy atom. The lowest BCUT2D eigenvalue weighted by Crippen LogP contribution is -2.13. The largest absolute Gasteiger partial charge is 0.387 e. The number of hydrogen-bond donors (Lipinski definition) is 2. The number of aromatic nitrogens is 1. The fourth-order valence-corrected chi connectivity index (χ4v) is 3.71. The molecule has 2 atom stereocenters. The molecule has 25 heavy (non-hydrogen) atoms. The number of nitrogens with one attached hydrogen (secondary N) is 1. The Bertz CT molecular complexity index is 973. The highest BCUT2D eigenvalue weighted by Gasteiger charge is 2.28. The molecule has 124 valence electrons. The van der Waals surface area contributed by atoms with Crippen LogP contribution in [0.3, 0.4) is 0 Å². The van der Waals surface area contributed by atoms with Crippen LogP contribution in [0.4, 0.5) is 0 Å². The average Bonchev–Trinajstić information content (AvgIpc) is 3.00. The molecule has 2 heteroatoms. The molecule has 4 aromatic rings. The van der Waals surface area contributed by atoms with Crippen molar-refractivity contribution in [3.63, 3.8) is 0 Å². The van der Waals surface area contributed by atoms with E-state index in [4.69, 9.17) is 0 Å². The predicted octanol–water partition coefficient (Wildman–Crippen LogP) is 5.34. The van der Waals surface area contributed by atoms with Crippen LogP contribution in [0.15, 0.2) is 84.9 Å². The van der Waals surface area contributed by atoms with Gasteiger partial charge < -0.3 is 10.1 Å². The van der Waals surface area contributed by atoms with E-state index in [-0.39, 0.29) is 5.92 Å². The molecule has 1 heterocycles. The quantitative estimate of drug-likeness (QED) is 0.521. The van der Waals surface area contributed by atoms with Gasteiger partial charge in [0.1, 0.15) is 0 Å². The first-order chi connectivity index (χ1) is 12.3. The zero-order valence-corrected chi connectivity index (χ0v) is 14.2. The number of fused-ring (bicyclic) bond motifs is 1. The van der Waals surface area contributed by atoms with Crippen molar-refractivity contribution >= 4 is 10.9 Å². The Labute approximate surface area is 147 Å². The summed E-state index contributed by atoms with van der Waals surface area (Å²) in [4.78, 5) is 3.47. The van der Waals surface area contributed by atoms with Gasteiger partial charge in [-0.3, -0.25) is 0 Å². The second kappa shape index (κ2) is 6.58. The van der Waals surface area contributed by atoms with E-state index in [1.165, 1.54) is 5.39 Å². The lowest BCUT2D eigenvalue weighted by atomic mass is 9.82. The monoisotopic (exact) mass is 327 g/mol. The molecular formula is C23H21NO. The highest BCUT2D eigenvalue weighted by Crippen LogP contribution is 2.41. The van der Waals surface area contributed by atoms with E-state index in [0.717, 1.165) is 27.9 Å². The first kappa shape index (κ1) is 15.7. The fourth-order valence-electron chi connectivity index (χ4n) is 3.71. The van der Waals surface area contributed by atoms with E-state index in [1.54, 1.807) is 0 Å². The minimum absolute atomic E-state index is 0.125. The van der Waals surface area contributed by atoms with Crippen LogP contribution in [0.5, 0.6) is 0 Å². The molecule has 0 saturated carbocycles. The lowest BCUT2D eigenvalue weighted by molar-refractivity contribution is 0.159. The Morgan fingerprint density at radius 3 is 1.96 bits per heavy atom. The van der Waals surface area contributed by atoms with Crippen LogP contribution in [-0.2, 0) is 0 Å². The molecule has 2 N–H and O–H groups in total. The first-order valence-corrected chi connectivity index (χ1v) is 8.61. The molecule has 0 amide bonds. The van der Waals surface area contributed by atoms with Crippen LogP contribution in [-0.4, -0.2) is 10.1 Å². The molecule has 1 aromatic heterocycles. The van der Waals surface area contributed by atoms with Gasteiger partial charge in [-0.2, -0.15) is 0 Å². The van der Waals surface area contributed by atoms with Crippen LogP contribution in [0, 0.1) is 6.92 Å². The van der Waals surface area contributed by atoms with E-state index >= 15 is 0 Å². The number of aliphatic hydroxyl groups excluding tert-OH is 1. The Morgan fingerprint density at radius 2 is 1.28 bits per heavy atom. The predicted molar refractivity (Wildman–Crippen MR) is 103 cm³/mol. The molecular weight excluding hydrogens is 306 g/mol. The van der Waals surface area contributed by atoms with Crippen molar-refractivity contribution < 1.29 is 5.11 Å². The van der Waals surface area contributed by atoms with E-state index in [1.807, 2.05) is 54.6 Å². The highest BCUT2D eigenvalue weighted by molar-refractivity contribution is 5.85. The molecule has 0 unspecified atom stereocenters. The van der Waals surface area contributed by atoms with Crippen LogP contribution in [0.1, 0.15) is 34.4 Å². The SMILES string of the molecule is Cc1[nH]c2ccccc2c1[C@@H](c1ccccc1)[C@H](O)c1ccccc1. The van der Waals surface area contributed by atoms with Crippen LogP contribution < -0.4 is 0 Å². The summed E-state index contributed by atoms with van der Waals surface area (Å²) in [7, 11) is 0. The van der Waals surface area contributed by atoms with Crippen molar-refractivity contribution in [3.05, 3.63) is 107 Å². The topological polar surface area (TPSA) is 36.0 Å². The molecule has 0 fully saturated rings. The van der Waals surface area contributed by atoms with Crippen LogP contribution in [0.25, 0.3) is 10.9 Å². The zero-order valence-electron chi connectivity index (χ0n) is 14.2. The third kappa shape index (κ3) is 2.86. The third-order valence-electron chi connectivity index (χ3n) is 4.87. The summed E-state index contributed by atoms with van der Waals surface area (Å²) in [5.74, 6) is -0.125. The van der Waals surface area contributed by atoms with Crippen molar-refractivity contribution in [2.45, 2.75) is 18.9 Å². The number of H-pyrrole nitrogens is 1. The van der Waals surface area contributed by atoms with Crippen molar-refractivity contribution in [2.75, 3.05) is 0 Å². The van der Waals surface area contributed by atoms with Gasteiger partial charge in [0.15, 0.2) is 0 Å². The fraction of sp³-hybridized carbons (Fsp3) is 0.130. The summed E-state index contributed by atoms with van der Waals surface area (Å²) >= 11 is 0. The van der Waals surface area contributed by atoms with Crippen molar-refractivity contribution in [3.8, 4) is 0 Å². The van der Waals surface area contributed by atoms with Crippen LogP contribution >= 0.6 is 0 Å². The van der Waals surface area contributed by atoms with Gasteiger partial charge in [-0.15, -0.1) is 0 Å². The molecule has 0 spiro atoms. The number of benzene rings is 3. The molecule has 3 aromatic carbocycles. The van der Waals surface area contributed by atoms with Crippen molar-refractivity contribution in [1.29, 1.82) is 0 Å². The summed E-state index contributed by atoms with van der Waals surface area (Å²) < 4.78 is 0. The molecule has 4 rings (SSSR count). The summed E-state index contributed by atoms with van der Waals surface area (Å²) in [6.45, 7) is 2.09. The number of aryl methyl sites for hydroxylation is 1. The minimum atomic E-state index is -0.610. The lowest BCUT2D eigenvalue weighted by Gasteiger charge is -2.25.